The van der Waals surface area contributed by atoms with Gasteiger partial charge in [-0.15, -0.1) is 0 Å². The van der Waals surface area contributed by atoms with Crippen LogP contribution in [0.4, 0.5) is 0 Å². The van der Waals surface area contributed by atoms with Gasteiger partial charge in [0, 0.05) is 18.1 Å². The van der Waals surface area contributed by atoms with Crippen LogP contribution in [-0.4, -0.2) is 27.0 Å². The monoisotopic (exact) mass is 343 g/mol. The van der Waals surface area contributed by atoms with Crippen molar-refractivity contribution < 1.29 is 18.9 Å². The van der Waals surface area contributed by atoms with Crippen LogP contribution in [0, 0.1) is 20.8 Å². The van der Waals surface area contributed by atoms with Gasteiger partial charge in [0.1, 0.15) is 18.1 Å². The molecule has 0 spiro atoms. The molecular weight excluding hydrogens is 322 g/mol. The molecule has 7 nitrogen and oxygen atoms in total. The van der Waals surface area contributed by atoms with Gasteiger partial charge in [-0.05, 0) is 50.5 Å². The second kappa shape index (κ2) is 7.48. The van der Waals surface area contributed by atoms with Crippen molar-refractivity contribution in [2.45, 2.75) is 40.2 Å². The number of aliphatic hydroxyl groups is 1. The summed E-state index contributed by atoms with van der Waals surface area (Å²) in [6, 6.07) is 5.85. The molecule has 2 heterocycles. The maximum absolute atomic E-state index is 9.03. The van der Waals surface area contributed by atoms with Gasteiger partial charge in [0.05, 0.1) is 12.3 Å². The molecule has 1 N–H and O–H groups in total. The van der Waals surface area contributed by atoms with E-state index < -0.39 is 0 Å². The third-order valence-corrected chi connectivity index (χ3v) is 3.81. The van der Waals surface area contributed by atoms with Crippen molar-refractivity contribution in [3.8, 4) is 17.1 Å². The van der Waals surface area contributed by atoms with Gasteiger partial charge in [-0.3, -0.25) is 0 Å². The lowest BCUT2D eigenvalue weighted by molar-refractivity contribution is 0.222. The Bertz CT molecular complexity index is 831. The van der Waals surface area contributed by atoms with Gasteiger partial charge in [0.25, 0.3) is 5.89 Å². The van der Waals surface area contributed by atoms with Crippen LogP contribution in [0.2, 0.25) is 0 Å². The topological polar surface area (TPSA) is 94.4 Å². The fourth-order valence-electron chi connectivity index (χ4n) is 2.70. The molecule has 1 aromatic carbocycles. The first kappa shape index (κ1) is 17.2. The maximum atomic E-state index is 9.03. The summed E-state index contributed by atoms with van der Waals surface area (Å²) < 4.78 is 16.1. The van der Waals surface area contributed by atoms with Crippen molar-refractivity contribution in [3.05, 3.63) is 46.7 Å². The molecule has 2 aromatic heterocycles. The number of hydrogen-bond donors (Lipinski definition) is 1. The van der Waals surface area contributed by atoms with Crippen molar-refractivity contribution in [2.24, 2.45) is 0 Å². The van der Waals surface area contributed by atoms with E-state index in [2.05, 4.69) is 15.3 Å². The molecule has 132 valence electrons. The van der Waals surface area contributed by atoms with E-state index >= 15 is 0 Å². The molecule has 3 aromatic rings. The van der Waals surface area contributed by atoms with E-state index in [1.807, 2.05) is 39.0 Å². The van der Waals surface area contributed by atoms with Gasteiger partial charge in [0.2, 0.25) is 5.82 Å². The summed E-state index contributed by atoms with van der Waals surface area (Å²) in [6.45, 7) is 6.21. The van der Waals surface area contributed by atoms with Gasteiger partial charge in [-0.1, -0.05) is 10.3 Å². The Morgan fingerprint density at radius 3 is 2.40 bits per heavy atom. The quantitative estimate of drug-likeness (QED) is 0.658. The Morgan fingerprint density at radius 2 is 1.80 bits per heavy atom. The molecule has 3 rings (SSSR count). The van der Waals surface area contributed by atoms with Crippen LogP contribution < -0.4 is 4.74 Å². The molecule has 0 saturated heterocycles. The molecule has 0 bridgehead atoms. The Hall–Kier alpha value is -2.67. The second-order valence-electron chi connectivity index (χ2n) is 6.00. The molecule has 7 heteroatoms. The summed E-state index contributed by atoms with van der Waals surface area (Å²) in [6.07, 6.45) is 1.64. The number of benzene rings is 1. The van der Waals surface area contributed by atoms with Gasteiger partial charge in [-0.2, -0.15) is 4.98 Å². The van der Waals surface area contributed by atoms with Crippen LogP contribution >= 0.6 is 0 Å². The highest BCUT2D eigenvalue weighted by Gasteiger charge is 2.12. The van der Waals surface area contributed by atoms with Gasteiger partial charge < -0.3 is 18.9 Å². The zero-order valence-corrected chi connectivity index (χ0v) is 14.6. The second-order valence-corrected chi connectivity index (χ2v) is 6.00. The number of ether oxygens (including phenoxy) is 1. The molecule has 0 aliphatic heterocycles. The number of aliphatic hydroxyl groups excluding tert-OH is 1. The molecule has 0 fully saturated rings. The summed E-state index contributed by atoms with van der Waals surface area (Å²) in [4.78, 5) is 4.14. The lowest BCUT2D eigenvalue weighted by atomic mass is 10.1. The molecule has 0 aliphatic rings. The first-order valence-electron chi connectivity index (χ1n) is 8.17. The minimum absolute atomic E-state index is 0.202. The fraction of sp³-hybridized carbons (Fsp3) is 0.389. The Balaban J connectivity index is 1.63. The lowest BCUT2D eigenvalue weighted by Gasteiger charge is -2.13. The van der Waals surface area contributed by atoms with Crippen molar-refractivity contribution in [2.75, 3.05) is 6.61 Å². The minimum Gasteiger partial charge on any atom is -0.493 e. The summed E-state index contributed by atoms with van der Waals surface area (Å²) in [7, 11) is 0. The molecule has 0 unspecified atom stereocenters. The zero-order chi connectivity index (χ0) is 17.8. The highest BCUT2D eigenvalue weighted by atomic mass is 16.5. The first-order valence-corrected chi connectivity index (χ1v) is 8.17. The number of aryl methyl sites for hydroxylation is 4. The predicted molar refractivity (Wildman–Crippen MR) is 90.2 cm³/mol. The van der Waals surface area contributed by atoms with Crippen LogP contribution in [0.5, 0.6) is 5.75 Å². The van der Waals surface area contributed by atoms with Crippen molar-refractivity contribution >= 4 is 0 Å². The molecule has 0 saturated carbocycles. The minimum atomic E-state index is -0.267. The molecule has 25 heavy (non-hydrogen) atoms. The van der Waals surface area contributed by atoms with Crippen molar-refractivity contribution in [3.63, 3.8) is 0 Å². The van der Waals surface area contributed by atoms with Crippen molar-refractivity contribution in [1.29, 1.82) is 0 Å². The predicted octanol–water partition coefficient (Wildman–Crippen LogP) is 3.15. The van der Waals surface area contributed by atoms with Gasteiger partial charge in [-0.25, -0.2) is 0 Å². The summed E-state index contributed by atoms with van der Waals surface area (Å²) in [5.41, 5.74) is 3.73. The Labute approximate surface area is 145 Å². The van der Waals surface area contributed by atoms with Crippen molar-refractivity contribution in [1.82, 2.24) is 15.3 Å². The molecule has 0 radical (unpaired) electrons. The van der Waals surface area contributed by atoms with E-state index in [9.17, 15) is 0 Å². The van der Waals surface area contributed by atoms with Gasteiger partial charge >= 0.3 is 0 Å². The number of nitrogens with zero attached hydrogens (tertiary/aromatic N) is 3. The number of aromatic nitrogens is 3. The highest BCUT2D eigenvalue weighted by Crippen LogP contribution is 2.29. The fourth-order valence-corrected chi connectivity index (χ4v) is 2.70. The first-order chi connectivity index (χ1) is 12.1. The maximum Gasteiger partial charge on any atom is 0.252 e. The number of rotatable bonds is 7. The van der Waals surface area contributed by atoms with Gasteiger partial charge in [0.15, 0.2) is 0 Å². The lowest BCUT2D eigenvalue weighted by Crippen LogP contribution is -2.02. The summed E-state index contributed by atoms with van der Waals surface area (Å²) in [5.74, 6) is 2.40. The summed E-state index contributed by atoms with van der Waals surface area (Å²) in [5, 5.41) is 16.8. The van der Waals surface area contributed by atoms with E-state index in [0.717, 1.165) is 46.7 Å². The Kier molecular flexibility index (Phi) is 5.14. The standard InChI is InChI=1S/C18H21N3O4/c1-11-7-14(18-19-16(10-22)25-21-18)8-12(2)17(11)23-6-4-5-15-9-13(3)20-24-15/h7-9,22H,4-6,10H2,1-3H3. The van der Waals surface area contributed by atoms with E-state index in [1.165, 1.54) is 0 Å². The zero-order valence-electron chi connectivity index (χ0n) is 14.6. The molecule has 0 aliphatic carbocycles. The van der Waals surface area contributed by atoms with Crippen LogP contribution in [0.1, 0.15) is 34.9 Å². The third-order valence-electron chi connectivity index (χ3n) is 3.81. The smallest absolute Gasteiger partial charge is 0.252 e. The Morgan fingerprint density at radius 1 is 1.04 bits per heavy atom. The van der Waals surface area contributed by atoms with E-state index in [-0.39, 0.29) is 12.5 Å². The third kappa shape index (κ3) is 4.06. The largest absolute Gasteiger partial charge is 0.493 e. The van der Waals surface area contributed by atoms with E-state index in [4.69, 9.17) is 18.9 Å². The highest BCUT2D eigenvalue weighted by molar-refractivity contribution is 5.60. The molecule has 0 atom stereocenters. The van der Waals surface area contributed by atoms with Crippen LogP contribution in [0.15, 0.2) is 27.2 Å². The SMILES string of the molecule is Cc1cc(CCCOc2c(C)cc(-c3noc(CO)n3)cc2C)on1. The summed E-state index contributed by atoms with van der Waals surface area (Å²) >= 11 is 0. The average molecular weight is 343 g/mol. The van der Waals surface area contributed by atoms with E-state index in [0.29, 0.717) is 12.4 Å². The number of hydrogen-bond acceptors (Lipinski definition) is 7. The molecular formula is C18H21N3O4. The van der Waals surface area contributed by atoms with Crippen LogP contribution in [-0.2, 0) is 13.0 Å². The van der Waals surface area contributed by atoms with Crippen LogP contribution in [0.25, 0.3) is 11.4 Å². The van der Waals surface area contributed by atoms with E-state index in [1.54, 1.807) is 0 Å². The van der Waals surface area contributed by atoms with Crippen LogP contribution in [0.3, 0.4) is 0 Å². The molecule has 0 amide bonds. The normalized spacial score (nSPS) is 11.0. The average Bonchev–Trinajstić information content (AvgIpc) is 3.22.